The summed E-state index contributed by atoms with van der Waals surface area (Å²) < 4.78 is 27.1. The molecule has 142 valence electrons. The maximum Gasteiger partial charge on any atom is 0.326 e. The van der Waals surface area contributed by atoms with E-state index >= 15 is 0 Å². The number of amides is 1. The van der Waals surface area contributed by atoms with E-state index in [-0.39, 0.29) is 22.9 Å². The smallest absolute Gasteiger partial charge is 0.326 e. The molecule has 2 aromatic carbocycles. The van der Waals surface area contributed by atoms with Gasteiger partial charge in [0.15, 0.2) is 0 Å². The fourth-order valence-electron chi connectivity index (χ4n) is 2.58. The van der Waals surface area contributed by atoms with Crippen molar-refractivity contribution in [1.29, 1.82) is 0 Å². The minimum Gasteiger partial charge on any atom is -0.480 e. The standard InChI is InChI=1S/C19H20N2O5S/c22-18(20-17(19(23)24)11-13-5-2-1-3-6-13)14-7-4-8-16(12-14)27(25,26)21-15-9-10-15/h1-8,12,15,17,21H,9-11H2,(H,20,22)(H,23,24). The maximum atomic E-state index is 12.5. The van der Waals surface area contributed by atoms with Crippen LogP contribution in [0.15, 0.2) is 59.5 Å². The van der Waals surface area contributed by atoms with E-state index in [9.17, 15) is 23.1 Å². The Morgan fingerprint density at radius 3 is 2.41 bits per heavy atom. The van der Waals surface area contributed by atoms with E-state index in [0.29, 0.717) is 0 Å². The summed E-state index contributed by atoms with van der Waals surface area (Å²) in [5, 5.41) is 11.9. The highest BCUT2D eigenvalue weighted by atomic mass is 32.2. The molecule has 2 aromatic rings. The van der Waals surface area contributed by atoms with Gasteiger partial charge in [0, 0.05) is 18.0 Å². The lowest BCUT2D eigenvalue weighted by atomic mass is 10.1. The van der Waals surface area contributed by atoms with E-state index < -0.39 is 27.9 Å². The normalized spacial score (nSPS) is 15.1. The van der Waals surface area contributed by atoms with Crippen molar-refractivity contribution >= 4 is 21.9 Å². The molecule has 1 atom stereocenters. The summed E-state index contributed by atoms with van der Waals surface area (Å²) >= 11 is 0. The van der Waals surface area contributed by atoms with Gasteiger partial charge in [-0.3, -0.25) is 4.79 Å². The molecule has 1 amide bonds. The van der Waals surface area contributed by atoms with Crippen LogP contribution in [0.4, 0.5) is 0 Å². The molecule has 0 bridgehead atoms. The van der Waals surface area contributed by atoms with Crippen LogP contribution in [0.3, 0.4) is 0 Å². The SMILES string of the molecule is O=C(NC(Cc1ccccc1)C(=O)O)c1cccc(S(=O)(=O)NC2CC2)c1. The highest BCUT2D eigenvalue weighted by molar-refractivity contribution is 7.89. The number of nitrogens with one attached hydrogen (secondary N) is 2. The molecule has 27 heavy (non-hydrogen) atoms. The van der Waals surface area contributed by atoms with Gasteiger partial charge < -0.3 is 10.4 Å². The van der Waals surface area contributed by atoms with E-state index in [0.717, 1.165) is 18.4 Å². The molecule has 3 N–H and O–H groups in total. The molecule has 3 rings (SSSR count). The van der Waals surface area contributed by atoms with E-state index in [1.807, 2.05) is 6.07 Å². The molecule has 1 aliphatic rings. The van der Waals surface area contributed by atoms with Gasteiger partial charge in [0.25, 0.3) is 5.91 Å². The monoisotopic (exact) mass is 388 g/mol. The highest BCUT2D eigenvalue weighted by Gasteiger charge is 2.28. The molecule has 1 saturated carbocycles. The van der Waals surface area contributed by atoms with Crippen molar-refractivity contribution in [2.75, 3.05) is 0 Å². The predicted molar refractivity (Wildman–Crippen MR) is 98.8 cm³/mol. The number of hydrogen-bond acceptors (Lipinski definition) is 4. The number of hydrogen-bond donors (Lipinski definition) is 3. The number of carboxylic acid groups (broad SMARTS) is 1. The van der Waals surface area contributed by atoms with Crippen molar-refractivity contribution in [1.82, 2.24) is 10.0 Å². The molecule has 1 unspecified atom stereocenters. The Bertz CT molecular complexity index is 940. The van der Waals surface area contributed by atoms with Crippen molar-refractivity contribution < 1.29 is 23.1 Å². The third-order valence-corrected chi connectivity index (χ3v) is 5.71. The van der Waals surface area contributed by atoms with Crippen LogP contribution in [-0.4, -0.2) is 37.5 Å². The zero-order valence-electron chi connectivity index (χ0n) is 14.5. The number of carbonyl (C=O) groups excluding carboxylic acids is 1. The predicted octanol–water partition coefficient (Wildman–Crippen LogP) is 1.55. The summed E-state index contributed by atoms with van der Waals surface area (Å²) in [5.74, 6) is -1.80. The number of carbonyl (C=O) groups is 2. The lowest BCUT2D eigenvalue weighted by Crippen LogP contribution is -2.42. The molecule has 7 nitrogen and oxygen atoms in total. The molecule has 0 heterocycles. The number of sulfonamides is 1. The molecule has 1 aliphatic carbocycles. The first-order chi connectivity index (χ1) is 12.8. The highest BCUT2D eigenvalue weighted by Crippen LogP contribution is 2.22. The van der Waals surface area contributed by atoms with Crippen molar-refractivity contribution in [3.8, 4) is 0 Å². The van der Waals surface area contributed by atoms with Crippen LogP contribution >= 0.6 is 0 Å². The van der Waals surface area contributed by atoms with Crippen LogP contribution in [0.1, 0.15) is 28.8 Å². The van der Waals surface area contributed by atoms with Gasteiger partial charge in [-0.25, -0.2) is 17.9 Å². The van der Waals surface area contributed by atoms with Gasteiger partial charge in [-0.1, -0.05) is 36.4 Å². The molecule has 0 aromatic heterocycles. The molecule has 0 saturated heterocycles. The Kier molecular flexibility index (Phi) is 5.57. The van der Waals surface area contributed by atoms with Crippen molar-refractivity contribution in [2.24, 2.45) is 0 Å². The molecular weight excluding hydrogens is 368 g/mol. The van der Waals surface area contributed by atoms with E-state index in [1.54, 1.807) is 24.3 Å². The number of rotatable bonds is 8. The second-order valence-electron chi connectivity index (χ2n) is 6.48. The van der Waals surface area contributed by atoms with Gasteiger partial charge in [0.05, 0.1) is 4.90 Å². The zero-order chi connectivity index (χ0) is 19.4. The Morgan fingerprint density at radius 2 is 1.78 bits per heavy atom. The molecular formula is C19H20N2O5S. The third-order valence-electron chi connectivity index (χ3n) is 4.19. The van der Waals surface area contributed by atoms with Gasteiger partial charge >= 0.3 is 5.97 Å². The van der Waals surface area contributed by atoms with Crippen LogP contribution in [0.5, 0.6) is 0 Å². The van der Waals surface area contributed by atoms with Crippen molar-refractivity contribution in [3.05, 3.63) is 65.7 Å². The number of aliphatic carboxylic acids is 1. The quantitative estimate of drug-likeness (QED) is 0.635. The van der Waals surface area contributed by atoms with Crippen LogP contribution in [0.2, 0.25) is 0 Å². The summed E-state index contributed by atoms with van der Waals surface area (Å²) in [7, 11) is -3.69. The lowest BCUT2D eigenvalue weighted by molar-refractivity contribution is -0.139. The van der Waals surface area contributed by atoms with Crippen LogP contribution in [0.25, 0.3) is 0 Å². The summed E-state index contributed by atoms with van der Waals surface area (Å²) in [6, 6.07) is 13.4. The fourth-order valence-corrected chi connectivity index (χ4v) is 3.94. The Balaban J connectivity index is 1.74. The van der Waals surface area contributed by atoms with Gasteiger partial charge in [0.1, 0.15) is 6.04 Å². The summed E-state index contributed by atoms with van der Waals surface area (Å²) in [6.07, 6.45) is 1.74. The first-order valence-electron chi connectivity index (χ1n) is 8.55. The third kappa shape index (κ3) is 5.15. The van der Waals surface area contributed by atoms with Gasteiger partial charge in [0.2, 0.25) is 10.0 Å². The average Bonchev–Trinajstić information content (AvgIpc) is 3.45. The first kappa shape index (κ1) is 19.1. The minimum atomic E-state index is -3.69. The minimum absolute atomic E-state index is 0.0167. The number of carboxylic acids is 1. The zero-order valence-corrected chi connectivity index (χ0v) is 15.3. The maximum absolute atomic E-state index is 12.5. The summed E-state index contributed by atoms with van der Waals surface area (Å²) in [5.41, 5.74) is 0.864. The topological polar surface area (TPSA) is 113 Å². The lowest BCUT2D eigenvalue weighted by Gasteiger charge is -2.15. The Hall–Kier alpha value is -2.71. The summed E-state index contributed by atoms with van der Waals surface area (Å²) in [6.45, 7) is 0. The Labute approximate surface area is 157 Å². The largest absolute Gasteiger partial charge is 0.480 e. The molecule has 0 spiro atoms. The van der Waals surface area contributed by atoms with Crippen LogP contribution in [0, 0.1) is 0 Å². The molecule has 1 fully saturated rings. The van der Waals surface area contributed by atoms with Crippen LogP contribution < -0.4 is 10.0 Å². The summed E-state index contributed by atoms with van der Waals surface area (Å²) in [4.78, 5) is 24.0. The second-order valence-corrected chi connectivity index (χ2v) is 8.19. The first-order valence-corrected chi connectivity index (χ1v) is 10.0. The van der Waals surface area contributed by atoms with Gasteiger partial charge in [-0.05, 0) is 36.6 Å². The molecule has 0 aliphatic heterocycles. The van der Waals surface area contributed by atoms with Crippen LogP contribution in [-0.2, 0) is 21.2 Å². The van der Waals surface area contributed by atoms with Crippen molar-refractivity contribution in [3.63, 3.8) is 0 Å². The molecule has 0 radical (unpaired) electrons. The molecule has 8 heteroatoms. The average molecular weight is 388 g/mol. The van der Waals surface area contributed by atoms with Crippen molar-refractivity contribution in [2.45, 2.75) is 36.2 Å². The fraction of sp³-hybridized carbons (Fsp3) is 0.263. The van der Waals surface area contributed by atoms with Gasteiger partial charge in [-0.15, -0.1) is 0 Å². The van der Waals surface area contributed by atoms with Gasteiger partial charge in [-0.2, -0.15) is 0 Å². The number of benzene rings is 2. The van der Waals surface area contributed by atoms with E-state index in [2.05, 4.69) is 10.0 Å². The van der Waals surface area contributed by atoms with E-state index in [1.165, 1.54) is 24.3 Å². The second kappa shape index (κ2) is 7.89. The van der Waals surface area contributed by atoms with E-state index in [4.69, 9.17) is 0 Å². The Morgan fingerprint density at radius 1 is 1.07 bits per heavy atom.